The molecule has 0 aromatic carbocycles. The molecular formula is C10H20O3S2. The van der Waals surface area contributed by atoms with Crippen LogP contribution in [0.3, 0.4) is 0 Å². The molecule has 0 amide bonds. The van der Waals surface area contributed by atoms with Crippen LogP contribution in [0, 0.1) is 0 Å². The fourth-order valence-corrected chi connectivity index (χ4v) is 3.03. The Morgan fingerprint density at radius 2 is 2.20 bits per heavy atom. The summed E-state index contributed by atoms with van der Waals surface area (Å²) in [7, 11) is 0.452. The molecular weight excluding hydrogens is 232 g/mol. The van der Waals surface area contributed by atoms with Gasteiger partial charge in [-0.05, 0) is 17.9 Å². The summed E-state index contributed by atoms with van der Waals surface area (Å²) in [5.74, 6) is 2.56. The monoisotopic (exact) mass is 252 g/mol. The predicted molar refractivity (Wildman–Crippen MR) is 66.7 cm³/mol. The third-order valence-corrected chi connectivity index (χ3v) is 4.71. The summed E-state index contributed by atoms with van der Waals surface area (Å²) in [4.78, 5) is 10.9. The molecule has 0 aromatic rings. The molecule has 2 unspecified atom stereocenters. The molecule has 0 aliphatic rings. The third-order valence-electron chi connectivity index (χ3n) is 1.97. The highest BCUT2D eigenvalue weighted by molar-refractivity contribution is 7.99. The molecule has 0 rings (SSSR count). The highest BCUT2D eigenvalue weighted by Crippen LogP contribution is 2.07. The van der Waals surface area contributed by atoms with Crippen LogP contribution in [0.2, 0.25) is 0 Å². The van der Waals surface area contributed by atoms with Gasteiger partial charge in [-0.3, -0.25) is 9.00 Å². The number of esters is 1. The van der Waals surface area contributed by atoms with Gasteiger partial charge in [0.1, 0.15) is 0 Å². The number of carbonyl (C=O) groups excluding carboxylic acids is 1. The number of ether oxygens (including phenoxy) is 1. The molecule has 5 heteroatoms. The van der Waals surface area contributed by atoms with Crippen LogP contribution < -0.4 is 0 Å². The van der Waals surface area contributed by atoms with E-state index in [1.165, 1.54) is 7.11 Å². The van der Waals surface area contributed by atoms with Crippen LogP contribution in [0.15, 0.2) is 0 Å². The molecule has 0 aliphatic carbocycles. The van der Waals surface area contributed by atoms with Gasteiger partial charge in [-0.15, -0.1) is 0 Å². The maximum absolute atomic E-state index is 11.7. The van der Waals surface area contributed by atoms with Gasteiger partial charge in [-0.1, -0.05) is 13.8 Å². The van der Waals surface area contributed by atoms with Crippen molar-refractivity contribution in [3.63, 3.8) is 0 Å². The average Bonchev–Trinajstić information content (AvgIpc) is 2.23. The zero-order valence-corrected chi connectivity index (χ0v) is 11.3. The van der Waals surface area contributed by atoms with E-state index in [2.05, 4.69) is 11.7 Å². The van der Waals surface area contributed by atoms with E-state index >= 15 is 0 Å². The predicted octanol–water partition coefficient (Wildman–Crippen LogP) is 1.83. The topological polar surface area (TPSA) is 43.4 Å². The van der Waals surface area contributed by atoms with Gasteiger partial charge in [-0.2, -0.15) is 11.8 Å². The highest BCUT2D eigenvalue weighted by Gasteiger charge is 2.15. The number of carbonyl (C=O) groups is 1. The Balaban J connectivity index is 3.64. The average molecular weight is 252 g/mol. The van der Waals surface area contributed by atoms with Crippen molar-refractivity contribution in [2.45, 2.75) is 31.9 Å². The van der Waals surface area contributed by atoms with E-state index in [1.54, 1.807) is 0 Å². The van der Waals surface area contributed by atoms with Crippen molar-refractivity contribution in [3.05, 3.63) is 0 Å². The van der Waals surface area contributed by atoms with Crippen LogP contribution >= 0.6 is 11.8 Å². The molecule has 90 valence electrons. The van der Waals surface area contributed by atoms with Crippen molar-refractivity contribution >= 4 is 28.5 Å². The molecule has 0 aliphatic heterocycles. The summed E-state index contributed by atoms with van der Waals surface area (Å²) in [6, 6.07) is 0. The fourth-order valence-electron chi connectivity index (χ4n) is 1.06. The lowest BCUT2D eigenvalue weighted by Crippen LogP contribution is -2.19. The summed E-state index contributed by atoms with van der Waals surface area (Å²) in [6.45, 7) is 3.95. The standard InChI is InChI=1S/C10H20O3S2/c1-4-14-6-5-7-15(12)9(2)8-10(11)13-3/h9H,4-8H2,1-3H3. The van der Waals surface area contributed by atoms with Crippen molar-refractivity contribution in [2.24, 2.45) is 0 Å². The Hall–Kier alpha value is -0.0300. The van der Waals surface area contributed by atoms with Crippen LogP contribution in [0.1, 0.15) is 26.7 Å². The third kappa shape index (κ3) is 7.85. The summed E-state index contributed by atoms with van der Waals surface area (Å²) in [5.41, 5.74) is 0. The molecule has 0 radical (unpaired) electrons. The van der Waals surface area contributed by atoms with Crippen LogP contribution in [0.4, 0.5) is 0 Å². The van der Waals surface area contributed by atoms with Crippen LogP contribution in [-0.4, -0.2) is 39.8 Å². The van der Waals surface area contributed by atoms with Crippen LogP contribution in [0.5, 0.6) is 0 Å². The van der Waals surface area contributed by atoms with Crippen molar-refractivity contribution in [2.75, 3.05) is 24.4 Å². The van der Waals surface area contributed by atoms with E-state index < -0.39 is 10.8 Å². The Morgan fingerprint density at radius 1 is 1.53 bits per heavy atom. The molecule has 15 heavy (non-hydrogen) atoms. The molecule has 0 bridgehead atoms. The lowest BCUT2D eigenvalue weighted by molar-refractivity contribution is -0.140. The highest BCUT2D eigenvalue weighted by atomic mass is 32.2. The second kappa shape index (κ2) is 9.21. The smallest absolute Gasteiger partial charge is 0.306 e. The van der Waals surface area contributed by atoms with Gasteiger partial charge in [0.2, 0.25) is 0 Å². The zero-order chi connectivity index (χ0) is 11.7. The first-order valence-electron chi connectivity index (χ1n) is 5.13. The first kappa shape index (κ1) is 15.0. The summed E-state index contributed by atoms with van der Waals surface area (Å²) in [5, 5.41) is -0.0934. The van der Waals surface area contributed by atoms with Crippen molar-refractivity contribution < 1.29 is 13.7 Å². The van der Waals surface area contributed by atoms with E-state index in [0.717, 1.165) is 17.9 Å². The minimum atomic E-state index is -0.905. The summed E-state index contributed by atoms with van der Waals surface area (Å²) >= 11 is 1.85. The Labute approximate surface area is 98.8 Å². The van der Waals surface area contributed by atoms with Gasteiger partial charge in [-0.25, -0.2) is 0 Å². The SMILES string of the molecule is CCSCCCS(=O)C(C)CC(=O)OC. The molecule has 0 saturated heterocycles. The number of methoxy groups -OCH3 is 1. The molecule has 0 heterocycles. The molecule has 0 saturated carbocycles. The summed E-state index contributed by atoms with van der Waals surface area (Å²) < 4.78 is 16.2. The minimum Gasteiger partial charge on any atom is -0.469 e. The van der Waals surface area contributed by atoms with Gasteiger partial charge >= 0.3 is 5.97 Å². The van der Waals surface area contributed by atoms with E-state index in [-0.39, 0.29) is 17.6 Å². The van der Waals surface area contributed by atoms with Crippen molar-refractivity contribution in [3.8, 4) is 0 Å². The van der Waals surface area contributed by atoms with Gasteiger partial charge in [0.25, 0.3) is 0 Å². The lowest BCUT2D eigenvalue weighted by atomic mass is 10.3. The van der Waals surface area contributed by atoms with Crippen LogP contribution in [-0.2, 0) is 20.3 Å². The van der Waals surface area contributed by atoms with Gasteiger partial charge < -0.3 is 4.74 Å². The zero-order valence-electron chi connectivity index (χ0n) is 9.65. The Bertz CT molecular complexity index is 207. The quantitative estimate of drug-likeness (QED) is 0.488. The largest absolute Gasteiger partial charge is 0.469 e. The van der Waals surface area contributed by atoms with Crippen molar-refractivity contribution in [1.82, 2.24) is 0 Å². The van der Waals surface area contributed by atoms with E-state index in [9.17, 15) is 9.00 Å². The van der Waals surface area contributed by atoms with E-state index in [1.807, 2.05) is 18.7 Å². The first-order chi connectivity index (χ1) is 7.11. The maximum Gasteiger partial charge on any atom is 0.306 e. The minimum absolute atomic E-state index is 0.0934. The maximum atomic E-state index is 11.7. The fraction of sp³-hybridized carbons (Fsp3) is 0.900. The molecule has 0 aromatic heterocycles. The Kier molecular flexibility index (Phi) is 9.20. The molecule has 0 N–H and O–H groups in total. The van der Waals surface area contributed by atoms with Gasteiger partial charge in [0.15, 0.2) is 0 Å². The molecule has 2 atom stereocenters. The van der Waals surface area contributed by atoms with Crippen molar-refractivity contribution in [1.29, 1.82) is 0 Å². The number of rotatable bonds is 8. The Morgan fingerprint density at radius 3 is 2.73 bits per heavy atom. The van der Waals surface area contributed by atoms with Gasteiger partial charge in [0, 0.05) is 21.8 Å². The second-order valence-electron chi connectivity index (χ2n) is 3.23. The number of hydrogen-bond donors (Lipinski definition) is 0. The van der Waals surface area contributed by atoms with E-state index in [4.69, 9.17) is 0 Å². The van der Waals surface area contributed by atoms with Gasteiger partial charge in [0.05, 0.1) is 13.5 Å². The van der Waals surface area contributed by atoms with E-state index in [0.29, 0.717) is 5.75 Å². The van der Waals surface area contributed by atoms with Crippen LogP contribution in [0.25, 0.3) is 0 Å². The molecule has 0 fully saturated rings. The number of thioether (sulfide) groups is 1. The lowest BCUT2D eigenvalue weighted by Gasteiger charge is -2.09. The normalized spacial score (nSPS) is 14.6. The summed E-state index contributed by atoms with van der Waals surface area (Å²) in [6.07, 6.45) is 1.21. The number of hydrogen-bond acceptors (Lipinski definition) is 4. The molecule has 0 spiro atoms. The first-order valence-corrected chi connectivity index (χ1v) is 7.67. The molecule has 3 nitrogen and oxygen atoms in total. The second-order valence-corrected chi connectivity index (χ2v) is 6.59.